The number of aliphatic carboxylic acids is 1. The van der Waals surface area contributed by atoms with Gasteiger partial charge in [-0.25, -0.2) is 0 Å². The Labute approximate surface area is 187 Å². The summed E-state index contributed by atoms with van der Waals surface area (Å²) in [5.74, 6) is -0.712. The molecule has 0 heterocycles. The largest absolute Gasteiger partial charge is 0.481 e. The van der Waals surface area contributed by atoms with E-state index in [1.165, 1.54) is 51.7 Å². The summed E-state index contributed by atoms with van der Waals surface area (Å²) in [6, 6.07) is 0. The lowest BCUT2D eigenvalue weighted by Crippen LogP contribution is -2.23. The van der Waals surface area contributed by atoms with Gasteiger partial charge in [0.15, 0.2) is 0 Å². The van der Waals surface area contributed by atoms with Gasteiger partial charge in [-0.05, 0) is 71.0 Å². The third-order valence-corrected chi connectivity index (χ3v) is 4.65. The fraction of sp³-hybridized carbons (Fsp3) is 0.667. The molecule has 0 aliphatic carbocycles. The second kappa shape index (κ2) is 27.4. The first-order chi connectivity index (χ1) is 14.6. The minimum Gasteiger partial charge on any atom is -0.481 e. The molecule has 0 spiro atoms. The summed E-state index contributed by atoms with van der Waals surface area (Å²) in [5, 5.41) is 8.49. The van der Waals surface area contributed by atoms with Crippen LogP contribution in [0.2, 0.25) is 0 Å². The molecular formula is C27H49NO2. The van der Waals surface area contributed by atoms with E-state index in [1.54, 1.807) is 0 Å². The van der Waals surface area contributed by atoms with Crippen LogP contribution >= 0.6 is 0 Å². The Morgan fingerprint density at radius 2 is 1.13 bits per heavy atom. The van der Waals surface area contributed by atoms with Crippen molar-refractivity contribution in [2.75, 3.05) is 19.6 Å². The van der Waals surface area contributed by atoms with E-state index in [4.69, 9.17) is 5.11 Å². The molecule has 0 aromatic carbocycles. The summed E-state index contributed by atoms with van der Waals surface area (Å²) in [6.07, 6.45) is 28.6. The molecule has 0 amide bonds. The maximum atomic E-state index is 10.3. The van der Waals surface area contributed by atoms with Crippen molar-refractivity contribution in [1.29, 1.82) is 0 Å². The average molecular weight is 420 g/mol. The second-order valence-corrected chi connectivity index (χ2v) is 7.40. The lowest BCUT2D eigenvalue weighted by Gasteiger charge is -2.15. The number of hydrogen-bond donors (Lipinski definition) is 1. The van der Waals surface area contributed by atoms with Crippen LogP contribution in [0.4, 0.5) is 0 Å². The Balaban J connectivity index is 0. The Morgan fingerprint density at radius 3 is 1.50 bits per heavy atom. The number of nitrogens with zero attached hydrogens (tertiary/aromatic N) is 1. The van der Waals surface area contributed by atoms with Crippen molar-refractivity contribution in [3.63, 3.8) is 0 Å². The first-order valence-corrected chi connectivity index (χ1v) is 12.2. The van der Waals surface area contributed by atoms with Crippen molar-refractivity contribution in [2.45, 2.75) is 98.3 Å². The lowest BCUT2D eigenvalue weighted by molar-refractivity contribution is -0.137. The third-order valence-electron chi connectivity index (χ3n) is 4.65. The van der Waals surface area contributed by atoms with Gasteiger partial charge in [0.25, 0.3) is 0 Å². The molecule has 0 saturated carbocycles. The SMILES string of the molecule is CCCCC/C=C\C/C=C\C/C=C\C/C=C\CCCC(=O)O.CCCN(CC)CC. The van der Waals surface area contributed by atoms with E-state index in [0.29, 0.717) is 0 Å². The van der Waals surface area contributed by atoms with E-state index >= 15 is 0 Å². The summed E-state index contributed by atoms with van der Waals surface area (Å²) in [4.78, 5) is 12.7. The number of unbranched alkanes of at least 4 members (excludes halogenated alkanes) is 4. The number of carboxylic acids is 1. The van der Waals surface area contributed by atoms with Crippen LogP contribution in [0.3, 0.4) is 0 Å². The molecule has 0 aliphatic rings. The number of hydrogen-bond acceptors (Lipinski definition) is 2. The third kappa shape index (κ3) is 28.6. The van der Waals surface area contributed by atoms with Gasteiger partial charge in [0.2, 0.25) is 0 Å². The van der Waals surface area contributed by atoms with Crippen LogP contribution < -0.4 is 0 Å². The summed E-state index contributed by atoms with van der Waals surface area (Å²) < 4.78 is 0. The van der Waals surface area contributed by atoms with E-state index in [0.717, 1.165) is 32.1 Å². The quantitative estimate of drug-likeness (QED) is 0.181. The van der Waals surface area contributed by atoms with Gasteiger partial charge >= 0.3 is 5.97 Å². The van der Waals surface area contributed by atoms with E-state index in [2.05, 4.69) is 81.2 Å². The van der Waals surface area contributed by atoms with Crippen LogP contribution in [0, 0.1) is 0 Å². The van der Waals surface area contributed by atoms with Gasteiger partial charge in [-0.1, -0.05) is 89.1 Å². The van der Waals surface area contributed by atoms with Gasteiger partial charge in [-0.15, -0.1) is 0 Å². The van der Waals surface area contributed by atoms with Gasteiger partial charge in [-0.3, -0.25) is 4.79 Å². The molecule has 0 radical (unpaired) electrons. The van der Waals surface area contributed by atoms with Crippen molar-refractivity contribution in [1.82, 2.24) is 4.90 Å². The average Bonchev–Trinajstić information content (AvgIpc) is 2.74. The monoisotopic (exact) mass is 419 g/mol. The Kier molecular flexibility index (Phi) is 27.9. The van der Waals surface area contributed by atoms with Gasteiger partial charge < -0.3 is 10.0 Å². The van der Waals surface area contributed by atoms with Crippen LogP contribution in [0.5, 0.6) is 0 Å². The Hall–Kier alpha value is -1.61. The summed E-state index contributed by atoms with van der Waals surface area (Å²) in [7, 11) is 0. The van der Waals surface area contributed by atoms with Gasteiger partial charge in [0, 0.05) is 6.42 Å². The molecule has 1 N–H and O–H groups in total. The number of carboxylic acid groups (broad SMARTS) is 1. The first kappa shape index (κ1) is 30.6. The standard InChI is InChI=1S/C20H32O2.C7H17N/c1-2-3-4-5-6-7-8-9-10-11-12-13-14-15-16-17-18-19-20(21)22;1-4-7-8(5-2)6-3/h6-7,9-10,12-13,15-16H,2-5,8,11,14,17-19H2,1H3,(H,21,22);4-7H2,1-3H3/b7-6-,10-9-,13-12-,16-15-;. The molecule has 0 atom stereocenters. The molecule has 0 aromatic rings. The smallest absolute Gasteiger partial charge is 0.303 e. The molecule has 0 aromatic heterocycles. The molecule has 0 bridgehead atoms. The molecular weight excluding hydrogens is 370 g/mol. The second-order valence-electron chi connectivity index (χ2n) is 7.40. The van der Waals surface area contributed by atoms with Crippen molar-refractivity contribution in [3.8, 4) is 0 Å². The van der Waals surface area contributed by atoms with Crippen LogP contribution in [0.1, 0.15) is 98.3 Å². The summed E-state index contributed by atoms with van der Waals surface area (Å²) in [5.41, 5.74) is 0. The maximum absolute atomic E-state index is 10.3. The zero-order valence-corrected chi connectivity index (χ0v) is 20.3. The highest BCUT2D eigenvalue weighted by molar-refractivity contribution is 5.66. The highest BCUT2D eigenvalue weighted by Crippen LogP contribution is 2.01. The van der Waals surface area contributed by atoms with Crippen LogP contribution in [0.15, 0.2) is 48.6 Å². The zero-order chi connectivity index (χ0) is 22.7. The van der Waals surface area contributed by atoms with Gasteiger partial charge in [0.1, 0.15) is 0 Å². The van der Waals surface area contributed by atoms with Crippen LogP contribution in [-0.4, -0.2) is 35.6 Å². The van der Waals surface area contributed by atoms with E-state index in [-0.39, 0.29) is 6.42 Å². The number of allylic oxidation sites excluding steroid dienone is 8. The van der Waals surface area contributed by atoms with E-state index in [9.17, 15) is 4.79 Å². The molecule has 3 nitrogen and oxygen atoms in total. The molecule has 0 aliphatic heterocycles. The zero-order valence-electron chi connectivity index (χ0n) is 20.3. The molecule has 0 fully saturated rings. The van der Waals surface area contributed by atoms with E-state index < -0.39 is 5.97 Å². The highest BCUT2D eigenvalue weighted by Gasteiger charge is 1.93. The molecule has 0 saturated heterocycles. The maximum Gasteiger partial charge on any atom is 0.303 e. The fourth-order valence-electron chi connectivity index (χ4n) is 2.79. The van der Waals surface area contributed by atoms with Crippen LogP contribution in [-0.2, 0) is 4.79 Å². The molecule has 3 heteroatoms. The summed E-state index contributed by atoms with van der Waals surface area (Å²) >= 11 is 0. The minimum absolute atomic E-state index is 0.262. The molecule has 0 unspecified atom stereocenters. The topological polar surface area (TPSA) is 40.5 Å². The minimum atomic E-state index is -0.712. The van der Waals surface area contributed by atoms with Gasteiger partial charge in [-0.2, -0.15) is 0 Å². The Bertz CT molecular complexity index is 459. The predicted octanol–water partition coefficient (Wildman–Crippen LogP) is 7.95. The van der Waals surface area contributed by atoms with Crippen molar-refractivity contribution < 1.29 is 9.90 Å². The fourth-order valence-corrected chi connectivity index (χ4v) is 2.79. The first-order valence-electron chi connectivity index (χ1n) is 12.2. The summed E-state index contributed by atoms with van der Waals surface area (Å²) in [6.45, 7) is 12.5. The predicted molar refractivity (Wildman–Crippen MR) is 134 cm³/mol. The lowest BCUT2D eigenvalue weighted by atomic mass is 10.2. The molecule has 174 valence electrons. The molecule has 30 heavy (non-hydrogen) atoms. The molecule has 0 rings (SSSR count). The number of carbonyl (C=O) groups is 1. The van der Waals surface area contributed by atoms with Gasteiger partial charge in [0.05, 0.1) is 0 Å². The van der Waals surface area contributed by atoms with E-state index in [1.807, 2.05) is 0 Å². The van der Waals surface area contributed by atoms with Crippen molar-refractivity contribution >= 4 is 5.97 Å². The van der Waals surface area contributed by atoms with Crippen molar-refractivity contribution in [3.05, 3.63) is 48.6 Å². The van der Waals surface area contributed by atoms with Crippen molar-refractivity contribution in [2.24, 2.45) is 0 Å². The normalized spacial score (nSPS) is 11.9. The number of rotatable bonds is 18. The Morgan fingerprint density at radius 1 is 0.667 bits per heavy atom. The van der Waals surface area contributed by atoms with Crippen LogP contribution in [0.25, 0.3) is 0 Å². The highest BCUT2D eigenvalue weighted by atomic mass is 16.4.